The van der Waals surface area contributed by atoms with Gasteiger partial charge in [0.2, 0.25) is 11.8 Å². The number of halogens is 2. The van der Waals surface area contributed by atoms with E-state index in [0.29, 0.717) is 42.4 Å². The molecule has 172 valence electrons. The molecule has 0 radical (unpaired) electrons. The van der Waals surface area contributed by atoms with Gasteiger partial charge in [0.25, 0.3) is 0 Å². The summed E-state index contributed by atoms with van der Waals surface area (Å²) >= 11 is 6.05. The monoisotopic (exact) mass is 468 g/mol. The third kappa shape index (κ3) is 5.60. The Morgan fingerprint density at radius 3 is 2.73 bits per heavy atom. The zero-order valence-electron chi connectivity index (χ0n) is 18.6. The molecule has 1 amide bonds. The molecule has 1 aliphatic rings. The first-order valence-corrected chi connectivity index (χ1v) is 11.3. The number of rotatable bonds is 6. The highest BCUT2D eigenvalue weighted by atomic mass is 35.5. The van der Waals surface area contributed by atoms with Crippen molar-refractivity contribution in [2.45, 2.75) is 33.2 Å². The maximum Gasteiger partial charge on any atom is 0.224 e. The summed E-state index contributed by atoms with van der Waals surface area (Å²) < 4.78 is 19.2. The van der Waals surface area contributed by atoms with Crippen LogP contribution in [-0.2, 0) is 11.3 Å². The molecule has 33 heavy (non-hydrogen) atoms. The topological polar surface area (TPSA) is 67.3 Å². The third-order valence-electron chi connectivity index (χ3n) is 6.05. The van der Waals surface area contributed by atoms with Crippen molar-refractivity contribution in [3.8, 4) is 11.6 Å². The van der Waals surface area contributed by atoms with Crippen molar-refractivity contribution < 1.29 is 13.9 Å². The van der Waals surface area contributed by atoms with E-state index in [1.165, 1.54) is 18.5 Å². The minimum Gasteiger partial charge on any atom is -0.439 e. The van der Waals surface area contributed by atoms with E-state index in [4.69, 9.17) is 16.3 Å². The number of anilines is 1. The molecule has 2 aromatic carbocycles. The van der Waals surface area contributed by atoms with Gasteiger partial charge in [-0.05, 0) is 61.6 Å². The Bertz CT molecular complexity index is 1150. The fourth-order valence-electron chi connectivity index (χ4n) is 3.87. The summed E-state index contributed by atoms with van der Waals surface area (Å²) in [6.07, 6.45) is 2.92. The van der Waals surface area contributed by atoms with Crippen LogP contribution in [0.15, 0.2) is 48.8 Å². The molecule has 0 unspecified atom stereocenters. The van der Waals surface area contributed by atoms with Crippen molar-refractivity contribution >= 4 is 23.3 Å². The van der Waals surface area contributed by atoms with E-state index < -0.39 is 5.82 Å². The number of nitrogens with zero attached hydrogens (tertiary/aromatic N) is 3. The first-order valence-electron chi connectivity index (χ1n) is 10.9. The number of aryl methyl sites for hydroxylation is 1. The largest absolute Gasteiger partial charge is 0.439 e. The maximum absolute atomic E-state index is 13.2. The standard InChI is InChI=1S/C25H26ClFN4O2/c1-16-4-3-5-22(17(16)2)33-24-13-23(29-15-30-24)31-10-8-18(9-11-31)25(32)28-14-19-6-7-20(27)12-21(19)26/h3-7,12-13,15,18H,8-11,14H2,1-2H3,(H,28,32). The number of nitrogens with one attached hydrogen (secondary N) is 1. The van der Waals surface area contributed by atoms with Crippen molar-refractivity contribution in [1.29, 1.82) is 0 Å². The summed E-state index contributed by atoms with van der Waals surface area (Å²) in [7, 11) is 0. The predicted octanol–water partition coefficient (Wildman–Crippen LogP) is 5.21. The number of hydrogen-bond acceptors (Lipinski definition) is 5. The predicted molar refractivity (Wildman–Crippen MR) is 126 cm³/mol. The highest BCUT2D eigenvalue weighted by molar-refractivity contribution is 6.31. The fourth-order valence-corrected chi connectivity index (χ4v) is 4.10. The number of carbonyl (C=O) groups excluding carboxylic acids is 1. The third-order valence-corrected chi connectivity index (χ3v) is 6.41. The number of carbonyl (C=O) groups is 1. The normalized spacial score (nSPS) is 14.2. The lowest BCUT2D eigenvalue weighted by Crippen LogP contribution is -2.40. The molecule has 0 aliphatic carbocycles. The van der Waals surface area contributed by atoms with Gasteiger partial charge in [0.15, 0.2) is 0 Å². The number of ether oxygens (including phenoxy) is 1. The Morgan fingerprint density at radius 2 is 1.97 bits per heavy atom. The lowest BCUT2D eigenvalue weighted by atomic mass is 9.96. The maximum atomic E-state index is 13.2. The molecule has 1 aromatic heterocycles. The van der Waals surface area contributed by atoms with Crippen LogP contribution in [0.1, 0.15) is 29.5 Å². The van der Waals surface area contributed by atoms with Gasteiger partial charge in [0.1, 0.15) is 23.7 Å². The molecule has 1 N–H and O–H groups in total. The molecule has 0 atom stereocenters. The number of piperidine rings is 1. The van der Waals surface area contributed by atoms with Gasteiger partial charge in [-0.15, -0.1) is 0 Å². The highest BCUT2D eigenvalue weighted by Gasteiger charge is 2.26. The van der Waals surface area contributed by atoms with Crippen LogP contribution in [-0.4, -0.2) is 29.0 Å². The molecule has 2 heterocycles. The molecule has 6 nitrogen and oxygen atoms in total. The molecular formula is C25H26ClFN4O2. The van der Waals surface area contributed by atoms with Crippen LogP contribution in [0.4, 0.5) is 10.2 Å². The summed E-state index contributed by atoms with van der Waals surface area (Å²) in [5, 5.41) is 3.23. The van der Waals surface area contributed by atoms with E-state index in [1.807, 2.05) is 38.1 Å². The van der Waals surface area contributed by atoms with Gasteiger partial charge in [0.05, 0.1) is 0 Å². The van der Waals surface area contributed by atoms with Gasteiger partial charge in [-0.25, -0.2) is 14.4 Å². The van der Waals surface area contributed by atoms with Gasteiger partial charge in [-0.1, -0.05) is 29.8 Å². The summed E-state index contributed by atoms with van der Waals surface area (Å²) in [6.45, 7) is 5.75. The lowest BCUT2D eigenvalue weighted by Gasteiger charge is -2.32. The molecular weight excluding hydrogens is 443 g/mol. The fraction of sp³-hybridized carbons (Fsp3) is 0.320. The highest BCUT2D eigenvalue weighted by Crippen LogP contribution is 2.28. The SMILES string of the molecule is Cc1cccc(Oc2cc(N3CCC(C(=O)NCc4ccc(F)cc4Cl)CC3)ncn2)c1C. The van der Waals surface area contributed by atoms with E-state index in [-0.39, 0.29) is 18.4 Å². The van der Waals surface area contributed by atoms with Crippen LogP contribution >= 0.6 is 11.6 Å². The summed E-state index contributed by atoms with van der Waals surface area (Å²) in [4.78, 5) is 23.4. The smallest absolute Gasteiger partial charge is 0.224 e. The summed E-state index contributed by atoms with van der Waals surface area (Å²) in [6, 6.07) is 11.9. The van der Waals surface area contributed by atoms with Crippen LogP contribution in [0.2, 0.25) is 5.02 Å². The second-order valence-corrected chi connectivity index (χ2v) is 8.64. The molecule has 3 aromatic rings. The second kappa shape index (κ2) is 10.2. The second-order valence-electron chi connectivity index (χ2n) is 8.23. The number of aromatic nitrogens is 2. The average molecular weight is 469 g/mol. The molecule has 0 saturated carbocycles. The Kier molecular flexibility index (Phi) is 7.08. The van der Waals surface area contributed by atoms with Crippen LogP contribution in [0.3, 0.4) is 0 Å². The van der Waals surface area contributed by atoms with Crippen LogP contribution in [0, 0.1) is 25.6 Å². The van der Waals surface area contributed by atoms with Crippen LogP contribution in [0.5, 0.6) is 11.6 Å². The number of benzene rings is 2. The lowest BCUT2D eigenvalue weighted by molar-refractivity contribution is -0.125. The van der Waals surface area contributed by atoms with Gasteiger partial charge in [-0.3, -0.25) is 4.79 Å². The molecule has 1 aliphatic heterocycles. The number of amides is 1. The number of hydrogen-bond donors (Lipinski definition) is 1. The Hall–Kier alpha value is -3.19. The first kappa shape index (κ1) is 23.0. The van der Waals surface area contributed by atoms with Gasteiger partial charge < -0.3 is 15.0 Å². The summed E-state index contributed by atoms with van der Waals surface area (Å²) in [5.74, 6) is 1.54. The van der Waals surface area contributed by atoms with E-state index in [2.05, 4.69) is 20.2 Å². The zero-order chi connectivity index (χ0) is 23.4. The van der Waals surface area contributed by atoms with Crippen LogP contribution in [0.25, 0.3) is 0 Å². The molecule has 0 spiro atoms. The van der Waals surface area contributed by atoms with E-state index in [1.54, 1.807) is 6.07 Å². The van der Waals surface area contributed by atoms with Gasteiger partial charge >= 0.3 is 0 Å². The quantitative estimate of drug-likeness (QED) is 0.537. The molecule has 1 saturated heterocycles. The molecule has 0 bridgehead atoms. The summed E-state index contributed by atoms with van der Waals surface area (Å²) in [5.41, 5.74) is 2.93. The van der Waals surface area contributed by atoms with E-state index in [9.17, 15) is 9.18 Å². The van der Waals surface area contributed by atoms with Crippen molar-refractivity contribution in [3.63, 3.8) is 0 Å². The van der Waals surface area contributed by atoms with E-state index >= 15 is 0 Å². The molecule has 8 heteroatoms. The van der Waals surface area contributed by atoms with Crippen molar-refractivity contribution in [2.24, 2.45) is 5.92 Å². The van der Waals surface area contributed by atoms with E-state index in [0.717, 1.165) is 22.7 Å². The average Bonchev–Trinajstić information content (AvgIpc) is 2.82. The minimum atomic E-state index is -0.394. The molecule has 1 fully saturated rings. The van der Waals surface area contributed by atoms with Crippen molar-refractivity contribution in [2.75, 3.05) is 18.0 Å². The first-order chi connectivity index (χ1) is 15.9. The minimum absolute atomic E-state index is 0.0170. The Balaban J connectivity index is 1.32. The zero-order valence-corrected chi connectivity index (χ0v) is 19.4. The van der Waals surface area contributed by atoms with Crippen molar-refractivity contribution in [1.82, 2.24) is 15.3 Å². The Morgan fingerprint density at radius 1 is 1.18 bits per heavy atom. The Labute approximate surface area is 197 Å². The van der Waals surface area contributed by atoms with Gasteiger partial charge in [-0.2, -0.15) is 0 Å². The van der Waals surface area contributed by atoms with Gasteiger partial charge in [0, 0.05) is 36.6 Å². The van der Waals surface area contributed by atoms with Crippen LogP contribution < -0.4 is 15.0 Å². The molecule has 4 rings (SSSR count). The van der Waals surface area contributed by atoms with Crippen molar-refractivity contribution in [3.05, 3.63) is 76.3 Å².